The van der Waals surface area contributed by atoms with Gasteiger partial charge in [-0.3, -0.25) is 4.79 Å². The second-order valence-corrected chi connectivity index (χ2v) is 8.59. The van der Waals surface area contributed by atoms with Gasteiger partial charge in [0.25, 0.3) is 0 Å². The molecular formula is C25H47NO. The van der Waals surface area contributed by atoms with Crippen LogP contribution in [0.25, 0.3) is 0 Å². The minimum Gasteiger partial charge on any atom is -0.353 e. The van der Waals surface area contributed by atoms with E-state index in [1.54, 1.807) is 0 Å². The van der Waals surface area contributed by atoms with Gasteiger partial charge in [0.1, 0.15) is 0 Å². The van der Waals surface area contributed by atoms with Crippen LogP contribution in [0.4, 0.5) is 0 Å². The predicted octanol–water partition coefficient (Wildman–Crippen LogP) is 7.86. The standard InChI is InChI=1S/C25H47NO/c1-2-3-4-5-6-7-8-9-10-11-12-13-14-15-20-23-25(27)26-24-21-18-16-17-19-22-24/h9-10,24H,2-8,11-23H2,1H3,(H,26,27)/b10-9-. The second-order valence-electron chi connectivity index (χ2n) is 8.59. The largest absolute Gasteiger partial charge is 0.353 e. The van der Waals surface area contributed by atoms with Crippen molar-refractivity contribution in [2.75, 3.05) is 0 Å². The van der Waals surface area contributed by atoms with Gasteiger partial charge in [-0.2, -0.15) is 0 Å². The molecule has 27 heavy (non-hydrogen) atoms. The Bertz CT molecular complexity index is 355. The van der Waals surface area contributed by atoms with E-state index in [2.05, 4.69) is 24.4 Å². The minimum atomic E-state index is 0.291. The topological polar surface area (TPSA) is 29.1 Å². The molecule has 0 atom stereocenters. The number of amides is 1. The van der Waals surface area contributed by atoms with Crippen LogP contribution in [0.5, 0.6) is 0 Å². The van der Waals surface area contributed by atoms with E-state index in [-0.39, 0.29) is 0 Å². The Labute approximate surface area is 170 Å². The van der Waals surface area contributed by atoms with Crippen LogP contribution in [0.15, 0.2) is 12.2 Å². The maximum atomic E-state index is 12.0. The van der Waals surface area contributed by atoms with Crippen LogP contribution in [-0.4, -0.2) is 11.9 Å². The smallest absolute Gasteiger partial charge is 0.220 e. The molecule has 2 heteroatoms. The highest BCUT2D eigenvalue weighted by Gasteiger charge is 2.14. The Kier molecular flexibility index (Phi) is 16.7. The number of allylic oxidation sites excluding steroid dienone is 2. The van der Waals surface area contributed by atoms with Crippen molar-refractivity contribution in [2.45, 2.75) is 141 Å². The molecule has 0 saturated heterocycles. The second kappa shape index (κ2) is 18.6. The van der Waals surface area contributed by atoms with E-state index in [0.717, 1.165) is 12.8 Å². The number of unbranched alkanes of at least 4 members (excludes halogenated alkanes) is 11. The summed E-state index contributed by atoms with van der Waals surface area (Å²) in [5, 5.41) is 3.26. The summed E-state index contributed by atoms with van der Waals surface area (Å²) in [6.07, 6.45) is 30.2. The van der Waals surface area contributed by atoms with Gasteiger partial charge in [-0.1, -0.05) is 96.1 Å². The van der Waals surface area contributed by atoms with Crippen molar-refractivity contribution in [2.24, 2.45) is 0 Å². The normalized spacial score (nSPS) is 15.9. The van der Waals surface area contributed by atoms with Crippen molar-refractivity contribution in [3.05, 3.63) is 12.2 Å². The van der Waals surface area contributed by atoms with E-state index < -0.39 is 0 Å². The maximum absolute atomic E-state index is 12.0. The van der Waals surface area contributed by atoms with Gasteiger partial charge in [0.05, 0.1) is 0 Å². The fraction of sp³-hybridized carbons (Fsp3) is 0.880. The predicted molar refractivity (Wildman–Crippen MR) is 119 cm³/mol. The maximum Gasteiger partial charge on any atom is 0.220 e. The third kappa shape index (κ3) is 15.9. The van der Waals surface area contributed by atoms with E-state index >= 15 is 0 Å². The number of hydrogen-bond donors (Lipinski definition) is 1. The Balaban J connectivity index is 1.81. The third-order valence-corrected chi connectivity index (χ3v) is 5.89. The van der Waals surface area contributed by atoms with Crippen molar-refractivity contribution in [1.82, 2.24) is 5.32 Å². The van der Waals surface area contributed by atoms with Crippen molar-refractivity contribution in [3.8, 4) is 0 Å². The first kappa shape index (κ1) is 24.2. The van der Waals surface area contributed by atoms with Gasteiger partial charge in [0.15, 0.2) is 0 Å². The molecule has 1 aliphatic rings. The number of carbonyl (C=O) groups is 1. The molecule has 1 fully saturated rings. The molecular weight excluding hydrogens is 330 g/mol. The fourth-order valence-electron chi connectivity index (χ4n) is 4.08. The molecule has 1 rings (SSSR count). The van der Waals surface area contributed by atoms with Gasteiger partial charge < -0.3 is 5.32 Å². The zero-order valence-corrected chi connectivity index (χ0v) is 18.3. The minimum absolute atomic E-state index is 0.291. The van der Waals surface area contributed by atoms with Crippen LogP contribution < -0.4 is 5.32 Å². The first-order valence-corrected chi connectivity index (χ1v) is 12.3. The zero-order chi connectivity index (χ0) is 19.4. The molecule has 158 valence electrons. The summed E-state index contributed by atoms with van der Waals surface area (Å²) in [5.74, 6) is 0.291. The Hall–Kier alpha value is -0.790. The summed E-state index contributed by atoms with van der Waals surface area (Å²) in [6, 6.07) is 0.461. The van der Waals surface area contributed by atoms with Gasteiger partial charge >= 0.3 is 0 Å². The molecule has 1 aliphatic carbocycles. The highest BCUT2D eigenvalue weighted by atomic mass is 16.1. The SMILES string of the molecule is CCCCCCCC/C=C\CCCCCCCC(=O)NC1CCCCCC1. The van der Waals surface area contributed by atoms with Crippen LogP contribution in [0.2, 0.25) is 0 Å². The summed E-state index contributed by atoms with van der Waals surface area (Å²) >= 11 is 0. The summed E-state index contributed by atoms with van der Waals surface area (Å²) in [5.41, 5.74) is 0. The van der Waals surface area contributed by atoms with Gasteiger partial charge in [-0.25, -0.2) is 0 Å². The van der Waals surface area contributed by atoms with Gasteiger partial charge in [0.2, 0.25) is 5.91 Å². The molecule has 0 heterocycles. The van der Waals surface area contributed by atoms with Gasteiger partial charge in [-0.05, 0) is 44.9 Å². The molecule has 0 aromatic heterocycles. The molecule has 0 bridgehead atoms. The summed E-state index contributed by atoms with van der Waals surface area (Å²) in [6.45, 7) is 2.28. The number of carbonyl (C=O) groups excluding carboxylic acids is 1. The number of hydrogen-bond acceptors (Lipinski definition) is 1. The lowest BCUT2D eigenvalue weighted by molar-refractivity contribution is -0.122. The van der Waals surface area contributed by atoms with Crippen LogP contribution in [-0.2, 0) is 4.79 Å². The summed E-state index contributed by atoms with van der Waals surface area (Å²) in [7, 11) is 0. The lowest BCUT2D eigenvalue weighted by atomic mass is 10.1. The van der Waals surface area contributed by atoms with E-state index in [0.29, 0.717) is 11.9 Å². The van der Waals surface area contributed by atoms with Gasteiger partial charge in [0, 0.05) is 12.5 Å². The van der Waals surface area contributed by atoms with Crippen molar-refractivity contribution in [1.29, 1.82) is 0 Å². The zero-order valence-electron chi connectivity index (χ0n) is 18.3. The number of rotatable bonds is 16. The Morgan fingerprint density at radius 3 is 1.85 bits per heavy atom. The van der Waals surface area contributed by atoms with E-state index in [4.69, 9.17) is 0 Å². The first-order chi connectivity index (χ1) is 13.3. The Morgan fingerprint density at radius 2 is 1.26 bits per heavy atom. The van der Waals surface area contributed by atoms with Crippen molar-refractivity contribution < 1.29 is 4.79 Å². The first-order valence-electron chi connectivity index (χ1n) is 12.3. The van der Waals surface area contributed by atoms with E-state index in [9.17, 15) is 4.79 Å². The Morgan fingerprint density at radius 1 is 0.741 bits per heavy atom. The van der Waals surface area contributed by atoms with Crippen LogP contribution in [0.1, 0.15) is 135 Å². The molecule has 2 nitrogen and oxygen atoms in total. The molecule has 0 spiro atoms. The monoisotopic (exact) mass is 377 g/mol. The third-order valence-electron chi connectivity index (χ3n) is 5.89. The molecule has 1 N–H and O–H groups in total. The van der Waals surface area contributed by atoms with E-state index in [1.807, 2.05) is 0 Å². The molecule has 0 unspecified atom stereocenters. The molecule has 0 aromatic carbocycles. The van der Waals surface area contributed by atoms with Crippen LogP contribution in [0.3, 0.4) is 0 Å². The van der Waals surface area contributed by atoms with E-state index in [1.165, 1.54) is 116 Å². The van der Waals surface area contributed by atoms with Gasteiger partial charge in [-0.15, -0.1) is 0 Å². The molecule has 0 aromatic rings. The quantitative estimate of drug-likeness (QED) is 0.165. The molecule has 0 radical (unpaired) electrons. The molecule has 0 aliphatic heterocycles. The highest BCUT2D eigenvalue weighted by molar-refractivity contribution is 5.76. The van der Waals surface area contributed by atoms with Crippen LogP contribution in [0, 0.1) is 0 Å². The average molecular weight is 378 g/mol. The lowest BCUT2D eigenvalue weighted by Crippen LogP contribution is -2.34. The average Bonchev–Trinajstić information content (AvgIpc) is 2.93. The summed E-state index contributed by atoms with van der Waals surface area (Å²) in [4.78, 5) is 12.0. The highest BCUT2D eigenvalue weighted by Crippen LogP contribution is 2.17. The summed E-state index contributed by atoms with van der Waals surface area (Å²) < 4.78 is 0. The van der Waals surface area contributed by atoms with Crippen molar-refractivity contribution >= 4 is 5.91 Å². The fourth-order valence-corrected chi connectivity index (χ4v) is 4.08. The van der Waals surface area contributed by atoms with Crippen molar-refractivity contribution in [3.63, 3.8) is 0 Å². The molecule has 1 saturated carbocycles. The lowest BCUT2D eigenvalue weighted by Gasteiger charge is -2.16. The molecule has 1 amide bonds. The number of nitrogens with one attached hydrogen (secondary N) is 1. The van der Waals surface area contributed by atoms with Crippen LogP contribution >= 0.6 is 0 Å².